The van der Waals surface area contributed by atoms with Crippen molar-refractivity contribution in [3.8, 4) is 22.6 Å². The van der Waals surface area contributed by atoms with E-state index < -0.39 is 5.41 Å². The zero-order valence-corrected chi connectivity index (χ0v) is 25.9. The number of hydrogen-bond donors (Lipinski definition) is 0. The molecule has 43 heavy (non-hydrogen) atoms. The van der Waals surface area contributed by atoms with E-state index in [0.717, 1.165) is 61.9 Å². The van der Waals surface area contributed by atoms with Gasteiger partial charge in [0.1, 0.15) is 11.5 Å². The summed E-state index contributed by atoms with van der Waals surface area (Å²) in [6, 6.07) is 31.4. The monoisotopic (exact) mass is 574 g/mol. The molecule has 4 nitrogen and oxygen atoms in total. The van der Waals surface area contributed by atoms with E-state index in [9.17, 15) is 0 Å². The normalized spacial score (nSPS) is 18.6. The first-order chi connectivity index (χ1) is 20.9. The first kappa shape index (κ1) is 28.2. The van der Waals surface area contributed by atoms with Crippen LogP contribution in [0.1, 0.15) is 60.1 Å². The SMILES string of the molecule is CCC1(COc2ccc(C3(c4ccc(OCC5(CC)COC5)c(C)c4)c4ccccc4-c4ccccc43)cc2C)COC1. The molecule has 3 aliphatic rings. The van der Waals surface area contributed by atoms with E-state index in [4.69, 9.17) is 18.9 Å². The lowest BCUT2D eigenvalue weighted by Gasteiger charge is -2.40. The highest BCUT2D eigenvalue weighted by Gasteiger charge is 2.46. The summed E-state index contributed by atoms with van der Waals surface area (Å²) in [5.41, 5.74) is 9.81. The molecule has 0 N–H and O–H groups in total. The number of ether oxygens (including phenoxy) is 4. The largest absolute Gasteiger partial charge is 0.493 e. The smallest absolute Gasteiger partial charge is 0.122 e. The zero-order chi connectivity index (χ0) is 29.7. The molecule has 0 bridgehead atoms. The topological polar surface area (TPSA) is 36.9 Å². The Hall–Kier alpha value is -3.60. The standard InChI is InChI=1S/C39H42O4/c1-5-37(21-40-22-37)25-42-35-17-15-29(19-27(35)3)39(33-13-9-7-11-31(33)32-12-8-10-14-34(32)39)30-16-18-36(28(4)20-30)43-26-38(6-2)23-41-24-38/h7-20H,5-6,21-26H2,1-4H3. The Morgan fingerprint density at radius 2 is 1.00 bits per heavy atom. The van der Waals surface area contributed by atoms with Crippen molar-refractivity contribution in [3.05, 3.63) is 118 Å². The predicted molar refractivity (Wildman–Crippen MR) is 171 cm³/mol. The molecular weight excluding hydrogens is 532 g/mol. The quantitative estimate of drug-likeness (QED) is 0.168. The summed E-state index contributed by atoms with van der Waals surface area (Å²) >= 11 is 0. The van der Waals surface area contributed by atoms with Gasteiger partial charge in [-0.1, -0.05) is 86.6 Å². The summed E-state index contributed by atoms with van der Waals surface area (Å²) in [6.45, 7) is 13.3. The second kappa shape index (κ2) is 10.8. The Bertz CT molecular complexity index is 1510. The summed E-state index contributed by atoms with van der Waals surface area (Å²) in [5, 5.41) is 0. The Morgan fingerprint density at radius 1 is 0.581 bits per heavy atom. The van der Waals surface area contributed by atoms with E-state index in [-0.39, 0.29) is 10.8 Å². The Morgan fingerprint density at radius 3 is 1.35 bits per heavy atom. The number of fused-ring (bicyclic) bond motifs is 3. The number of hydrogen-bond acceptors (Lipinski definition) is 4. The van der Waals surface area contributed by atoms with Crippen LogP contribution in [0, 0.1) is 24.7 Å². The minimum atomic E-state index is -0.460. The molecule has 2 heterocycles. The molecule has 4 aromatic rings. The molecule has 0 unspecified atom stereocenters. The molecule has 0 aromatic heterocycles. The van der Waals surface area contributed by atoms with Gasteiger partial charge in [-0.2, -0.15) is 0 Å². The molecule has 1 aliphatic carbocycles. The van der Waals surface area contributed by atoms with Gasteiger partial charge in [-0.05, 0) is 83.3 Å². The maximum atomic E-state index is 6.44. The molecule has 2 saturated heterocycles. The van der Waals surface area contributed by atoms with Gasteiger partial charge in [-0.15, -0.1) is 0 Å². The predicted octanol–water partition coefficient (Wildman–Crippen LogP) is 8.28. The third-order valence-electron chi connectivity index (χ3n) is 10.4. The number of rotatable bonds is 10. The van der Waals surface area contributed by atoms with E-state index in [1.807, 2.05) is 0 Å². The van der Waals surface area contributed by atoms with Crippen molar-refractivity contribution < 1.29 is 18.9 Å². The molecule has 2 fully saturated rings. The molecule has 0 atom stereocenters. The second-order valence-corrected chi connectivity index (χ2v) is 13.1. The third kappa shape index (κ3) is 4.49. The van der Waals surface area contributed by atoms with Crippen LogP contribution in [0.4, 0.5) is 0 Å². The number of aryl methyl sites for hydroxylation is 2. The van der Waals surface area contributed by atoms with Gasteiger partial charge in [0.25, 0.3) is 0 Å². The number of benzene rings is 4. The lowest BCUT2D eigenvalue weighted by atomic mass is 9.67. The molecular formula is C39H42O4. The Kier molecular flexibility index (Phi) is 7.10. The average molecular weight is 575 g/mol. The minimum absolute atomic E-state index is 0.138. The van der Waals surface area contributed by atoms with E-state index in [1.54, 1.807) is 0 Å². The van der Waals surface area contributed by atoms with Crippen LogP contribution in [-0.4, -0.2) is 39.6 Å². The highest BCUT2D eigenvalue weighted by atomic mass is 16.5. The zero-order valence-electron chi connectivity index (χ0n) is 25.9. The van der Waals surface area contributed by atoms with Crippen molar-refractivity contribution >= 4 is 0 Å². The second-order valence-electron chi connectivity index (χ2n) is 13.1. The molecule has 0 amide bonds. The van der Waals surface area contributed by atoms with Crippen LogP contribution in [0.5, 0.6) is 11.5 Å². The van der Waals surface area contributed by atoms with Crippen LogP contribution in [0.2, 0.25) is 0 Å². The van der Waals surface area contributed by atoms with Crippen LogP contribution in [0.25, 0.3) is 11.1 Å². The average Bonchev–Trinajstić information content (AvgIpc) is 3.29. The molecule has 2 aliphatic heterocycles. The van der Waals surface area contributed by atoms with Crippen LogP contribution >= 0.6 is 0 Å². The van der Waals surface area contributed by atoms with E-state index in [2.05, 4.69) is 113 Å². The van der Waals surface area contributed by atoms with Gasteiger partial charge >= 0.3 is 0 Å². The van der Waals surface area contributed by atoms with Crippen molar-refractivity contribution in [1.82, 2.24) is 0 Å². The fraction of sp³-hybridized carbons (Fsp3) is 0.385. The molecule has 0 spiro atoms. The maximum absolute atomic E-state index is 6.44. The van der Waals surface area contributed by atoms with Gasteiger partial charge in [-0.3, -0.25) is 0 Å². The van der Waals surface area contributed by atoms with E-state index in [0.29, 0.717) is 13.2 Å². The van der Waals surface area contributed by atoms with Crippen molar-refractivity contribution in [3.63, 3.8) is 0 Å². The van der Waals surface area contributed by atoms with Gasteiger partial charge in [0, 0.05) is 0 Å². The molecule has 222 valence electrons. The minimum Gasteiger partial charge on any atom is -0.493 e. The van der Waals surface area contributed by atoms with Crippen molar-refractivity contribution in [2.24, 2.45) is 10.8 Å². The fourth-order valence-electron chi connectivity index (χ4n) is 7.14. The van der Waals surface area contributed by atoms with Gasteiger partial charge in [0.15, 0.2) is 0 Å². The van der Waals surface area contributed by atoms with Crippen LogP contribution in [-0.2, 0) is 14.9 Å². The van der Waals surface area contributed by atoms with Crippen LogP contribution < -0.4 is 9.47 Å². The van der Waals surface area contributed by atoms with Crippen LogP contribution in [0.15, 0.2) is 84.9 Å². The van der Waals surface area contributed by atoms with Crippen molar-refractivity contribution in [1.29, 1.82) is 0 Å². The van der Waals surface area contributed by atoms with Gasteiger partial charge in [-0.25, -0.2) is 0 Å². The highest BCUT2D eigenvalue weighted by molar-refractivity contribution is 5.86. The van der Waals surface area contributed by atoms with E-state index in [1.165, 1.54) is 33.4 Å². The van der Waals surface area contributed by atoms with Gasteiger partial charge < -0.3 is 18.9 Å². The summed E-state index contributed by atoms with van der Waals surface area (Å²) < 4.78 is 23.9. The maximum Gasteiger partial charge on any atom is 0.122 e. The Labute approximate surface area is 256 Å². The summed E-state index contributed by atoms with van der Waals surface area (Å²) in [4.78, 5) is 0. The molecule has 0 saturated carbocycles. The Balaban J connectivity index is 1.32. The first-order valence-corrected chi connectivity index (χ1v) is 15.8. The highest BCUT2D eigenvalue weighted by Crippen LogP contribution is 2.56. The lowest BCUT2D eigenvalue weighted by molar-refractivity contribution is -0.133. The van der Waals surface area contributed by atoms with Gasteiger partial charge in [0.05, 0.1) is 55.9 Å². The molecule has 0 radical (unpaired) electrons. The fourth-order valence-corrected chi connectivity index (χ4v) is 7.14. The van der Waals surface area contributed by atoms with Crippen molar-refractivity contribution in [2.75, 3.05) is 39.6 Å². The first-order valence-electron chi connectivity index (χ1n) is 15.8. The van der Waals surface area contributed by atoms with Crippen LogP contribution in [0.3, 0.4) is 0 Å². The summed E-state index contributed by atoms with van der Waals surface area (Å²) in [6.07, 6.45) is 2.13. The molecule has 7 rings (SSSR count). The lowest BCUT2D eigenvalue weighted by Crippen LogP contribution is -2.46. The van der Waals surface area contributed by atoms with E-state index >= 15 is 0 Å². The molecule has 4 heteroatoms. The van der Waals surface area contributed by atoms with Crippen molar-refractivity contribution in [2.45, 2.75) is 46.0 Å². The third-order valence-corrected chi connectivity index (χ3v) is 10.4. The van der Waals surface area contributed by atoms with Gasteiger partial charge in [0.2, 0.25) is 0 Å². The summed E-state index contributed by atoms with van der Waals surface area (Å²) in [5.74, 6) is 1.89. The molecule has 4 aromatic carbocycles. The summed E-state index contributed by atoms with van der Waals surface area (Å²) in [7, 11) is 0.